The Morgan fingerprint density at radius 1 is 1.12 bits per heavy atom. The number of hydrogen-bond donors (Lipinski definition) is 0. The zero-order valence-electron chi connectivity index (χ0n) is 13.1. The monoisotopic (exact) mass is 358 g/mol. The van der Waals surface area contributed by atoms with E-state index in [0.717, 1.165) is 4.88 Å². The Hall–Kier alpha value is -2.38. The van der Waals surface area contributed by atoms with Gasteiger partial charge in [0.15, 0.2) is 6.61 Å². The Kier molecular flexibility index (Phi) is 4.82. The summed E-state index contributed by atoms with van der Waals surface area (Å²) in [5.74, 6) is -0.734. The lowest BCUT2D eigenvalue weighted by molar-refractivity contribution is 0.0479. The number of nitrogens with zero attached hydrogens (tertiary/aromatic N) is 2. The molecule has 0 aromatic carbocycles. The van der Waals surface area contributed by atoms with Crippen LogP contribution in [-0.2, 0) is 4.74 Å². The molecule has 3 heterocycles. The quantitative estimate of drug-likeness (QED) is 0.511. The number of pyridine rings is 1. The Bertz CT molecular complexity index is 884. The Balaban J connectivity index is 1.69. The molecule has 0 aliphatic carbocycles. The highest BCUT2D eigenvalue weighted by Crippen LogP contribution is 2.27. The van der Waals surface area contributed by atoms with Crippen molar-refractivity contribution in [1.82, 2.24) is 9.97 Å². The number of ketones is 1. The van der Waals surface area contributed by atoms with Crippen molar-refractivity contribution in [3.8, 4) is 10.7 Å². The molecular weight excluding hydrogens is 344 g/mol. The molecule has 5 nitrogen and oxygen atoms in total. The predicted octanol–water partition coefficient (Wildman–Crippen LogP) is 3.92. The van der Waals surface area contributed by atoms with Crippen LogP contribution in [0.1, 0.15) is 29.9 Å². The summed E-state index contributed by atoms with van der Waals surface area (Å²) in [7, 11) is 0. The van der Waals surface area contributed by atoms with Crippen LogP contribution < -0.4 is 0 Å². The molecule has 0 atom stereocenters. The first-order valence-electron chi connectivity index (χ1n) is 7.20. The molecule has 0 saturated heterocycles. The van der Waals surface area contributed by atoms with Crippen molar-refractivity contribution in [3.63, 3.8) is 0 Å². The smallest absolute Gasteiger partial charge is 0.350 e. The lowest BCUT2D eigenvalue weighted by Crippen LogP contribution is -2.13. The number of carbonyl (C=O) groups excluding carboxylic acids is 2. The summed E-state index contributed by atoms with van der Waals surface area (Å²) >= 11 is 2.60. The van der Waals surface area contributed by atoms with E-state index in [9.17, 15) is 9.59 Å². The van der Waals surface area contributed by atoms with Gasteiger partial charge in [-0.25, -0.2) is 9.78 Å². The number of ether oxygens (including phenoxy) is 1. The van der Waals surface area contributed by atoms with Gasteiger partial charge in [-0.15, -0.1) is 22.7 Å². The second kappa shape index (κ2) is 7.02. The van der Waals surface area contributed by atoms with E-state index in [2.05, 4.69) is 9.97 Å². The Labute approximate surface area is 147 Å². The summed E-state index contributed by atoms with van der Waals surface area (Å²) in [4.78, 5) is 34.9. The average molecular weight is 358 g/mol. The maximum atomic E-state index is 12.2. The first-order valence-corrected chi connectivity index (χ1v) is 8.83. The molecule has 0 fully saturated rings. The van der Waals surface area contributed by atoms with Gasteiger partial charge in [-0.1, -0.05) is 6.07 Å². The van der Waals surface area contributed by atoms with Crippen molar-refractivity contribution in [2.45, 2.75) is 13.8 Å². The lowest BCUT2D eigenvalue weighted by Gasteiger charge is -2.01. The van der Waals surface area contributed by atoms with E-state index in [4.69, 9.17) is 4.74 Å². The molecule has 3 rings (SSSR count). The molecule has 0 spiro atoms. The van der Waals surface area contributed by atoms with Crippen LogP contribution in [-0.4, -0.2) is 28.3 Å². The molecule has 0 saturated carbocycles. The van der Waals surface area contributed by atoms with Crippen molar-refractivity contribution >= 4 is 34.4 Å². The van der Waals surface area contributed by atoms with Crippen LogP contribution in [0.4, 0.5) is 0 Å². The molecular formula is C17H14N2O3S2. The van der Waals surface area contributed by atoms with Crippen LogP contribution in [0.3, 0.4) is 0 Å². The standard InChI is InChI=1S/C17H14N2O3S2/c1-10-6-7-14(23-10)13(20)9-22-17(21)15-11(2)19-16(24-15)12-5-3-4-8-18-12/h3-8H,9H2,1-2H3. The number of Topliss-reactive ketones (excluding diaryl/α,β-unsaturated/α-hetero) is 1. The molecule has 0 N–H and O–H groups in total. The van der Waals surface area contributed by atoms with E-state index in [1.54, 1.807) is 19.2 Å². The number of aryl methyl sites for hydroxylation is 2. The van der Waals surface area contributed by atoms with Crippen LogP contribution in [0.5, 0.6) is 0 Å². The van der Waals surface area contributed by atoms with Crippen LogP contribution in [0, 0.1) is 13.8 Å². The average Bonchev–Trinajstić information content (AvgIpc) is 3.19. The molecule has 0 bridgehead atoms. The number of carbonyl (C=O) groups is 2. The van der Waals surface area contributed by atoms with E-state index < -0.39 is 5.97 Å². The molecule has 122 valence electrons. The van der Waals surface area contributed by atoms with Gasteiger partial charge >= 0.3 is 5.97 Å². The largest absolute Gasteiger partial charge is 0.453 e. The summed E-state index contributed by atoms with van der Waals surface area (Å²) in [5.41, 5.74) is 1.28. The van der Waals surface area contributed by atoms with Crippen LogP contribution in [0.2, 0.25) is 0 Å². The normalized spacial score (nSPS) is 10.6. The van der Waals surface area contributed by atoms with Crippen molar-refractivity contribution in [2.75, 3.05) is 6.61 Å². The van der Waals surface area contributed by atoms with E-state index in [0.29, 0.717) is 26.1 Å². The van der Waals surface area contributed by atoms with Gasteiger partial charge in [0.2, 0.25) is 5.78 Å². The third kappa shape index (κ3) is 3.58. The number of aromatic nitrogens is 2. The number of thiophene rings is 1. The molecule has 0 aliphatic rings. The van der Waals surface area contributed by atoms with Gasteiger partial charge in [-0.2, -0.15) is 0 Å². The van der Waals surface area contributed by atoms with Gasteiger partial charge in [0, 0.05) is 11.1 Å². The van der Waals surface area contributed by atoms with Gasteiger partial charge in [0.05, 0.1) is 16.3 Å². The summed E-state index contributed by atoms with van der Waals surface area (Å²) in [6.45, 7) is 3.40. The third-order valence-corrected chi connectivity index (χ3v) is 5.42. The SMILES string of the molecule is Cc1ccc(C(=O)COC(=O)c2sc(-c3ccccn3)nc2C)s1. The predicted molar refractivity (Wildman–Crippen MR) is 93.8 cm³/mol. The molecule has 3 aromatic rings. The van der Waals surface area contributed by atoms with Crippen molar-refractivity contribution in [2.24, 2.45) is 0 Å². The van der Waals surface area contributed by atoms with Gasteiger partial charge < -0.3 is 4.74 Å². The number of rotatable bonds is 5. The molecule has 3 aromatic heterocycles. The molecule has 0 amide bonds. The molecule has 7 heteroatoms. The van der Waals surface area contributed by atoms with Crippen LogP contribution in [0.15, 0.2) is 36.5 Å². The second-order valence-electron chi connectivity index (χ2n) is 5.06. The molecule has 24 heavy (non-hydrogen) atoms. The molecule has 0 unspecified atom stereocenters. The van der Waals surface area contributed by atoms with Crippen molar-refractivity contribution in [1.29, 1.82) is 0 Å². The number of esters is 1. The highest BCUT2D eigenvalue weighted by Gasteiger charge is 2.19. The van der Waals surface area contributed by atoms with E-state index in [-0.39, 0.29) is 12.4 Å². The first kappa shape index (κ1) is 16.5. The minimum absolute atomic E-state index is 0.200. The maximum absolute atomic E-state index is 12.2. The lowest BCUT2D eigenvalue weighted by atomic mass is 10.3. The summed E-state index contributed by atoms with van der Waals surface area (Å²) in [6.07, 6.45) is 1.67. The fraction of sp³-hybridized carbons (Fsp3) is 0.176. The number of thiazole rings is 1. The van der Waals surface area contributed by atoms with Gasteiger partial charge in [-0.05, 0) is 38.1 Å². The zero-order chi connectivity index (χ0) is 17.1. The number of hydrogen-bond acceptors (Lipinski definition) is 7. The first-order chi connectivity index (χ1) is 11.5. The van der Waals surface area contributed by atoms with E-state index in [1.807, 2.05) is 31.2 Å². The maximum Gasteiger partial charge on any atom is 0.350 e. The Morgan fingerprint density at radius 3 is 2.62 bits per heavy atom. The topological polar surface area (TPSA) is 69.2 Å². The van der Waals surface area contributed by atoms with Gasteiger partial charge in [0.1, 0.15) is 9.88 Å². The van der Waals surface area contributed by atoms with Crippen molar-refractivity contribution < 1.29 is 14.3 Å². The third-order valence-electron chi connectivity index (χ3n) is 3.22. The summed E-state index contributed by atoms with van der Waals surface area (Å²) in [6, 6.07) is 9.12. The van der Waals surface area contributed by atoms with E-state index in [1.165, 1.54) is 22.7 Å². The summed E-state index contributed by atoms with van der Waals surface area (Å²) in [5, 5.41) is 0.653. The zero-order valence-corrected chi connectivity index (χ0v) is 14.7. The van der Waals surface area contributed by atoms with Gasteiger partial charge in [0.25, 0.3) is 0 Å². The fourth-order valence-electron chi connectivity index (χ4n) is 2.04. The second-order valence-corrected chi connectivity index (χ2v) is 7.35. The minimum atomic E-state index is -0.534. The highest BCUT2D eigenvalue weighted by molar-refractivity contribution is 7.17. The highest BCUT2D eigenvalue weighted by atomic mass is 32.1. The summed E-state index contributed by atoms with van der Waals surface area (Å²) < 4.78 is 5.15. The molecule has 0 aliphatic heterocycles. The van der Waals surface area contributed by atoms with Crippen molar-refractivity contribution in [3.05, 3.63) is 56.9 Å². The molecule has 0 radical (unpaired) electrons. The minimum Gasteiger partial charge on any atom is -0.453 e. The Morgan fingerprint density at radius 2 is 1.96 bits per heavy atom. The fourth-order valence-corrected chi connectivity index (χ4v) is 3.77. The van der Waals surface area contributed by atoms with E-state index >= 15 is 0 Å². The van der Waals surface area contributed by atoms with Crippen LogP contribution >= 0.6 is 22.7 Å². The van der Waals surface area contributed by atoms with Crippen LogP contribution in [0.25, 0.3) is 10.7 Å². The van der Waals surface area contributed by atoms with Gasteiger partial charge in [-0.3, -0.25) is 9.78 Å².